The largest absolute Gasteiger partial charge is 0.481 e. The highest BCUT2D eigenvalue weighted by Gasteiger charge is 2.35. The summed E-state index contributed by atoms with van der Waals surface area (Å²) in [5, 5.41) is 8.47. The van der Waals surface area contributed by atoms with E-state index in [4.69, 9.17) is 9.84 Å². The highest BCUT2D eigenvalue weighted by Crippen LogP contribution is 2.35. The van der Waals surface area contributed by atoms with Crippen molar-refractivity contribution >= 4 is 50.9 Å². The van der Waals surface area contributed by atoms with E-state index in [1.54, 1.807) is 24.3 Å². The number of carboxylic acids is 1. The standard InChI is InChI=1S/C20H16BrNO5S/c1-12-2-4-13(5-3-12)10-22-19(25)17(28-20(22)26)9-14-8-15(21)6-7-16(14)27-11-18(23)24/h2-9H,10-11H2,1H3,(H,23,24)/b17-9-. The SMILES string of the molecule is Cc1ccc(CN2C(=O)S/C(=C\c3cc(Br)ccc3OCC(=O)O)C2=O)cc1. The molecule has 1 aliphatic rings. The summed E-state index contributed by atoms with van der Waals surface area (Å²) >= 11 is 4.19. The number of carbonyl (C=O) groups is 3. The molecule has 1 aliphatic heterocycles. The average molecular weight is 462 g/mol. The highest BCUT2D eigenvalue weighted by molar-refractivity contribution is 9.10. The Hall–Kier alpha value is -2.58. The molecule has 0 radical (unpaired) electrons. The lowest BCUT2D eigenvalue weighted by Crippen LogP contribution is -2.27. The number of ether oxygens (including phenoxy) is 1. The second-order valence-corrected chi connectivity index (χ2v) is 8.03. The number of nitrogens with zero attached hydrogens (tertiary/aromatic N) is 1. The first kappa shape index (κ1) is 20.2. The van der Waals surface area contributed by atoms with Gasteiger partial charge in [0.05, 0.1) is 11.4 Å². The maximum Gasteiger partial charge on any atom is 0.341 e. The number of imide groups is 1. The van der Waals surface area contributed by atoms with Crippen LogP contribution in [-0.2, 0) is 16.1 Å². The molecule has 0 aliphatic carbocycles. The van der Waals surface area contributed by atoms with E-state index in [0.717, 1.165) is 27.4 Å². The molecule has 0 spiro atoms. The molecule has 144 valence electrons. The van der Waals surface area contributed by atoms with E-state index in [9.17, 15) is 14.4 Å². The zero-order valence-corrected chi connectivity index (χ0v) is 17.2. The summed E-state index contributed by atoms with van der Waals surface area (Å²) in [5.74, 6) is -1.18. The Morgan fingerprint density at radius 2 is 1.93 bits per heavy atom. The van der Waals surface area contributed by atoms with Gasteiger partial charge in [0, 0.05) is 10.0 Å². The van der Waals surface area contributed by atoms with E-state index in [1.165, 1.54) is 4.90 Å². The average Bonchev–Trinajstić information content (AvgIpc) is 2.90. The molecule has 0 saturated carbocycles. The minimum atomic E-state index is -1.10. The summed E-state index contributed by atoms with van der Waals surface area (Å²) in [4.78, 5) is 37.3. The van der Waals surface area contributed by atoms with Gasteiger partial charge in [-0.15, -0.1) is 0 Å². The number of benzene rings is 2. The predicted molar refractivity (Wildman–Crippen MR) is 110 cm³/mol. The molecular weight excluding hydrogens is 446 g/mol. The fourth-order valence-corrected chi connectivity index (χ4v) is 3.76. The van der Waals surface area contributed by atoms with Gasteiger partial charge in [-0.25, -0.2) is 4.79 Å². The smallest absolute Gasteiger partial charge is 0.341 e. The molecule has 2 amide bonds. The first-order chi connectivity index (χ1) is 13.3. The molecule has 3 rings (SSSR count). The molecular formula is C20H16BrNO5S. The van der Waals surface area contributed by atoms with Crippen molar-refractivity contribution in [2.75, 3.05) is 6.61 Å². The molecule has 1 fully saturated rings. The van der Waals surface area contributed by atoms with E-state index in [0.29, 0.717) is 11.3 Å². The molecule has 1 saturated heterocycles. The summed E-state index contributed by atoms with van der Waals surface area (Å²) in [5.41, 5.74) is 2.47. The fourth-order valence-electron chi connectivity index (χ4n) is 2.56. The van der Waals surface area contributed by atoms with Gasteiger partial charge in [0.1, 0.15) is 5.75 Å². The summed E-state index contributed by atoms with van der Waals surface area (Å²) < 4.78 is 6.01. The predicted octanol–water partition coefficient (Wildman–Crippen LogP) is 4.46. The van der Waals surface area contributed by atoms with E-state index >= 15 is 0 Å². The van der Waals surface area contributed by atoms with Crippen molar-refractivity contribution in [2.45, 2.75) is 13.5 Å². The molecule has 1 N–H and O–H groups in total. The highest BCUT2D eigenvalue weighted by atomic mass is 79.9. The van der Waals surface area contributed by atoms with Crippen LogP contribution in [-0.4, -0.2) is 33.7 Å². The molecule has 0 atom stereocenters. The van der Waals surface area contributed by atoms with Crippen LogP contribution in [0.3, 0.4) is 0 Å². The lowest BCUT2D eigenvalue weighted by Gasteiger charge is -2.12. The molecule has 8 heteroatoms. The van der Waals surface area contributed by atoms with Gasteiger partial charge in [-0.05, 0) is 48.5 Å². The molecule has 0 bridgehead atoms. The summed E-state index contributed by atoms with van der Waals surface area (Å²) in [6.07, 6.45) is 1.54. The van der Waals surface area contributed by atoms with Gasteiger partial charge in [-0.2, -0.15) is 0 Å². The van der Waals surface area contributed by atoms with Crippen molar-refractivity contribution in [3.05, 3.63) is 68.5 Å². The van der Waals surface area contributed by atoms with Gasteiger partial charge in [0.25, 0.3) is 11.1 Å². The van der Waals surface area contributed by atoms with Crippen molar-refractivity contribution in [3.8, 4) is 5.75 Å². The zero-order valence-electron chi connectivity index (χ0n) is 14.8. The molecule has 1 heterocycles. The summed E-state index contributed by atoms with van der Waals surface area (Å²) in [6.45, 7) is 1.66. The molecule has 28 heavy (non-hydrogen) atoms. The number of hydrogen-bond acceptors (Lipinski definition) is 5. The number of halogens is 1. The monoisotopic (exact) mass is 461 g/mol. The molecule has 2 aromatic rings. The van der Waals surface area contributed by atoms with Crippen LogP contribution in [0, 0.1) is 6.92 Å². The molecule has 0 aromatic heterocycles. The second-order valence-electron chi connectivity index (χ2n) is 6.12. The Balaban J connectivity index is 1.84. The van der Waals surface area contributed by atoms with Crippen LogP contribution in [0.5, 0.6) is 5.75 Å². The minimum Gasteiger partial charge on any atom is -0.481 e. The van der Waals surface area contributed by atoms with Gasteiger partial charge >= 0.3 is 5.97 Å². The fraction of sp³-hybridized carbons (Fsp3) is 0.150. The van der Waals surface area contributed by atoms with E-state index in [-0.39, 0.29) is 22.6 Å². The second kappa shape index (κ2) is 8.62. The van der Waals surface area contributed by atoms with Crippen molar-refractivity contribution in [2.24, 2.45) is 0 Å². The third-order valence-electron chi connectivity index (χ3n) is 3.94. The number of carbonyl (C=O) groups excluding carboxylic acids is 2. The van der Waals surface area contributed by atoms with Crippen LogP contribution in [0.25, 0.3) is 6.08 Å². The van der Waals surface area contributed by atoms with Crippen LogP contribution in [0.15, 0.2) is 51.8 Å². The van der Waals surface area contributed by atoms with Crippen LogP contribution in [0.1, 0.15) is 16.7 Å². The summed E-state index contributed by atoms with van der Waals surface area (Å²) in [7, 11) is 0. The van der Waals surface area contributed by atoms with Crippen molar-refractivity contribution in [1.82, 2.24) is 4.90 Å². The first-order valence-electron chi connectivity index (χ1n) is 8.28. The Morgan fingerprint density at radius 3 is 2.61 bits per heavy atom. The number of aryl methyl sites for hydroxylation is 1. The molecule has 2 aromatic carbocycles. The van der Waals surface area contributed by atoms with E-state index in [1.807, 2.05) is 31.2 Å². The van der Waals surface area contributed by atoms with Crippen LogP contribution in [0.4, 0.5) is 4.79 Å². The third-order valence-corrected chi connectivity index (χ3v) is 5.35. The number of aliphatic carboxylic acids is 1. The third kappa shape index (κ3) is 4.82. The topological polar surface area (TPSA) is 83.9 Å². The van der Waals surface area contributed by atoms with Crippen molar-refractivity contribution < 1.29 is 24.2 Å². The van der Waals surface area contributed by atoms with Crippen LogP contribution in [0.2, 0.25) is 0 Å². The Morgan fingerprint density at radius 1 is 1.21 bits per heavy atom. The Labute approximate surface area is 174 Å². The molecule has 0 unspecified atom stereocenters. The van der Waals surface area contributed by atoms with Gasteiger partial charge in [-0.1, -0.05) is 45.8 Å². The number of carboxylic acid groups (broad SMARTS) is 1. The molecule has 6 nitrogen and oxygen atoms in total. The quantitative estimate of drug-likeness (QED) is 0.639. The number of hydrogen-bond donors (Lipinski definition) is 1. The lowest BCUT2D eigenvalue weighted by molar-refractivity contribution is -0.139. The number of amides is 2. The van der Waals surface area contributed by atoms with Gasteiger partial charge in [-0.3, -0.25) is 14.5 Å². The lowest BCUT2D eigenvalue weighted by atomic mass is 10.1. The van der Waals surface area contributed by atoms with Crippen molar-refractivity contribution in [1.29, 1.82) is 0 Å². The van der Waals surface area contributed by atoms with Crippen molar-refractivity contribution in [3.63, 3.8) is 0 Å². The van der Waals surface area contributed by atoms with E-state index in [2.05, 4.69) is 15.9 Å². The van der Waals surface area contributed by atoms with Gasteiger partial charge < -0.3 is 9.84 Å². The van der Waals surface area contributed by atoms with Crippen LogP contribution >= 0.6 is 27.7 Å². The van der Waals surface area contributed by atoms with Crippen LogP contribution < -0.4 is 4.74 Å². The zero-order chi connectivity index (χ0) is 20.3. The van der Waals surface area contributed by atoms with Gasteiger partial charge in [0.2, 0.25) is 0 Å². The first-order valence-corrected chi connectivity index (χ1v) is 9.89. The van der Waals surface area contributed by atoms with Gasteiger partial charge in [0.15, 0.2) is 6.61 Å². The normalized spacial score (nSPS) is 15.4. The maximum absolute atomic E-state index is 12.7. The summed E-state index contributed by atoms with van der Waals surface area (Å²) in [6, 6.07) is 12.6. The minimum absolute atomic E-state index is 0.198. The number of rotatable bonds is 6. The Bertz CT molecular complexity index is 971. The number of thioether (sulfide) groups is 1. The Kier molecular flexibility index (Phi) is 6.21. The maximum atomic E-state index is 12.7. The van der Waals surface area contributed by atoms with E-state index < -0.39 is 12.6 Å².